The fraction of sp³-hybridized carbons (Fsp3) is 0. The molecule has 0 spiro atoms. The van der Waals surface area contributed by atoms with Crippen LogP contribution in [0.5, 0.6) is 0 Å². The molecule has 2 N–H and O–H groups in total. The highest BCUT2D eigenvalue weighted by molar-refractivity contribution is 5.80. The van der Waals surface area contributed by atoms with Crippen LogP contribution in [0.25, 0.3) is 0 Å². The number of nitrogens with two attached hydrogens (primary N) is 1. The number of allylic oxidation sites excluding steroid dienone is 2. The molecule has 0 saturated heterocycles. The average molecular weight is 99.1 g/mol. The SMILES string of the molecule is NC(C=O)=CC=O. The molecule has 0 saturated carbocycles. The lowest BCUT2D eigenvalue weighted by Gasteiger charge is -1.75. The van der Waals surface area contributed by atoms with Crippen molar-refractivity contribution in [3.05, 3.63) is 11.8 Å². The second-order valence-electron chi connectivity index (χ2n) is 0.921. The normalized spacial score (nSPS) is 10.6. The van der Waals surface area contributed by atoms with E-state index in [-0.39, 0.29) is 5.70 Å². The Kier molecular flexibility index (Phi) is 2.59. The zero-order valence-electron chi connectivity index (χ0n) is 3.63. The van der Waals surface area contributed by atoms with E-state index in [9.17, 15) is 9.59 Å². The van der Waals surface area contributed by atoms with Crippen LogP contribution < -0.4 is 5.73 Å². The summed E-state index contributed by atoms with van der Waals surface area (Å²) < 4.78 is 0. The number of carbonyl (C=O) groups is 2. The van der Waals surface area contributed by atoms with Crippen molar-refractivity contribution < 1.29 is 9.59 Å². The summed E-state index contributed by atoms with van der Waals surface area (Å²) in [5.41, 5.74) is 4.80. The fourth-order valence-corrected chi connectivity index (χ4v) is 0.118. The first-order valence-corrected chi connectivity index (χ1v) is 1.67. The van der Waals surface area contributed by atoms with Crippen LogP contribution in [0.15, 0.2) is 11.8 Å². The summed E-state index contributed by atoms with van der Waals surface area (Å²) in [6, 6.07) is 0. The van der Waals surface area contributed by atoms with E-state index in [0.29, 0.717) is 12.6 Å². The number of rotatable bonds is 2. The maximum atomic E-state index is 9.54. The van der Waals surface area contributed by atoms with Gasteiger partial charge < -0.3 is 5.73 Å². The van der Waals surface area contributed by atoms with Crippen LogP contribution >= 0.6 is 0 Å². The van der Waals surface area contributed by atoms with Gasteiger partial charge in [-0.05, 0) is 0 Å². The van der Waals surface area contributed by atoms with E-state index in [1.165, 1.54) is 0 Å². The van der Waals surface area contributed by atoms with Crippen LogP contribution in [-0.2, 0) is 9.59 Å². The number of hydrogen-bond donors (Lipinski definition) is 1. The van der Waals surface area contributed by atoms with Crippen LogP contribution in [0.2, 0.25) is 0 Å². The van der Waals surface area contributed by atoms with E-state index in [2.05, 4.69) is 0 Å². The van der Waals surface area contributed by atoms with E-state index in [1.807, 2.05) is 0 Å². The lowest BCUT2D eigenvalue weighted by atomic mass is 10.5. The zero-order valence-corrected chi connectivity index (χ0v) is 3.63. The molecule has 0 amide bonds. The molecule has 38 valence electrons. The summed E-state index contributed by atoms with van der Waals surface area (Å²) in [5.74, 6) is 0. The summed E-state index contributed by atoms with van der Waals surface area (Å²) in [6.07, 6.45) is 1.87. The Morgan fingerprint density at radius 2 is 2.00 bits per heavy atom. The van der Waals surface area contributed by atoms with Gasteiger partial charge in [0.25, 0.3) is 0 Å². The molecule has 0 aromatic carbocycles. The third kappa shape index (κ3) is 2.69. The molecule has 3 nitrogen and oxygen atoms in total. The van der Waals surface area contributed by atoms with Crippen molar-refractivity contribution >= 4 is 12.6 Å². The second-order valence-corrected chi connectivity index (χ2v) is 0.921. The predicted octanol–water partition coefficient (Wildman–Crippen LogP) is -0.773. The minimum Gasteiger partial charge on any atom is -0.396 e. The van der Waals surface area contributed by atoms with Gasteiger partial charge in [-0.1, -0.05) is 0 Å². The predicted molar refractivity (Wildman–Crippen MR) is 24.4 cm³/mol. The Morgan fingerprint density at radius 3 is 2.14 bits per heavy atom. The Hall–Kier alpha value is -1.12. The molecule has 0 aliphatic carbocycles. The van der Waals surface area contributed by atoms with Crippen molar-refractivity contribution in [1.29, 1.82) is 0 Å². The molecule has 0 heterocycles. The Labute approximate surface area is 40.8 Å². The van der Waals surface area contributed by atoms with Crippen molar-refractivity contribution in [3.8, 4) is 0 Å². The van der Waals surface area contributed by atoms with Gasteiger partial charge in [-0.3, -0.25) is 9.59 Å². The maximum Gasteiger partial charge on any atom is 0.165 e. The minimum atomic E-state index is -0.0463. The number of hydrogen-bond acceptors (Lipinski definition) is 3. The average Bonchev–Trinajstić information content (AvgIpc) is 1.68. The first-order valence-electron chi connectivity index (χ1n) is 1.67. The monoisotopic (exact) mass is 99.0 g/mol. The van der Waals surface area contributed by atoms with Gasteiger partial charge in [-0.2, -0.15) is 0 Å². The lowest BCUT2D eigenvalue weighted by molar-refractivity contribution is -0.106. The summed E-state index contributed by atoms with van der Waals surface area (Å²) in [4.78, 5) is 19.0. The number of carbonyl (C=O) groups excluding carboxylic acids is 2. The smallest absolute Gasteiger partial charge is 0.165 e. The van der Waals surface area contributed by atoms with Crippen LogP contribution in [0.1, 0.15) is 0 Å². The van der Waals surface area contributed by atoms with Gasteiger partial charge in [0, 0.05) is 6.08 Å². The number of aldehydes is 2. The van der Waals surface area contributed by atoms with Crippen molar-refractivity contribution in [2.75, 3.05) is 0 Å². The molecule has 0 aromatic rings. The molecule has 0 rings (SSSR count). The van der Waals surface area contributed by atoms with E-state index >= 15 is 0 Å². The molecule has 0 aliphatic heterocycles. The fourth-order valence-electron chi connectivity index (χ4n) is 0.118. The van der Waals surface area contributed by atoms with Gasteiger partial charge in [0.2, 0.25) is 0 Å². The Bertz CT molecular complexity index is 106. The van der Waals surface area contributed by atoms with Crippen LogP contribution in [0, 0.1) is 0 Å². The van der Waals surface area contributed by atoms with Crippen LogP contribution in [-0.4, -0.2) is 12.6 Å². The Balaban J connectivity index is 3.72. The second kappa shape index (κ2) is 3.08. The van der Waals surface area contributed by atoms with Crippen molar-refractivity contribution in [2.45, 2.75) is 0 Å². The molecule has 0 aromatic heterocycles. The summed E-state index contributed by atoms with van der Waals surface area (Å²) >= 11 is 0. The molecule has 0 bridgehead atoms. The molecular weight excluding hydrogens is 94.0 g/mol. The highest BCUT2D eigenvalue weighted by atomic mass is 16.1. The van der Waals surface area contributed by atoms with Crippen molar-refractivity contribution in [2.24, 2.45) is 5.73 Å². The summed E-state index contributed by atoms with van der Waals surface area (Å²) in [7, 11) is 0. The molecule has 0 atom stereocenters. The third-order valence-corrected chi connectivity index (χ3v) is 0.397. The summed E-state index contributed by atoms with van der Waals surface area (Å²) in [5, 5.41) is 0. The molecular formula is C4H5NO2. The first-order chi connectivity index (χ1) is 3.31. The molecule has 0 fully saturated rings. The maximum absolute atomic E-state index is 9.54. The molecule has 0 radical (unpaired) electrons. The van der Waals surface area contributed by atoms with E-state index in [0.717, 1.165) is 6.08 Å². The van der Waals surface area contributed by atoms with E-state index in [1.54, 1.807) is 0 Å². The zero-order chi connectivity index (χ0) is 5.70. The first kappa shape index (κ1) is 5.88. The molecule has 3 heteroatoms. The van der Waals surface area contributed by atoms with E-state index in [4.69, 9.17) is 5.73 Å². The van der Waals surface area contributed by atoms with Crippen molar-refractivity contribution in [3.63, 3.8) is 0 Å². The molecule has 0 unspecified atom stereocenters. The van der Waals surface area contributed by atoms with Gasteiger partial charge in [-0.25, -0.2) is 0 Å². The highest BCUT2D eigenvalue weighted by Crippen LogP contribution is 1.67. The standard InChI is InChI=1S/C4H5NO2/c5-4(3-7)1-2-6/h1-3H,5H2. The van der Waals surface area contributed by atoms with Gasteiger partial charge in [0.05, 0.1) is 5.70 Å². The van der Waals surface area contributed by atoms with Crippen LogP contribution in [0.4, 0.5) is 0 Å². The van der Waals surface area contributed by atoms with Gasteiger partial charge in [0.15, 0.2) is 6.29 Å². The lowest BCUT2D eigenvalue weighted by Crippen LogP contribution is -1.96. The van der Waals surface area contributed by atoms with Crippen LogP contribution in [0.3, 0.4) is 0 Å². The minimum absolute atomic E-state index is 0.0463. The topological polar surface area (TPSA) is 60.2 Å². The third-order valence-electron chi connectivity index (χ3n) is 0.397. The Morgan fingerprint density at radius 1 is 1.43 bits per heavy atom. The largest absolute Gasteiger partial charge is 0.396 e. The highest BCUT2D eigenvalue weighted by Gasteiger charge is 1.76. The quantitative estimate of drug-likeness (QED) is 0.365. The van der Waals surface area contributed by atoms with Gasteiger partial charge in [-0.15, -0.1) is 0 Å². The van der Waals surface area contributed by atoms with Gasteiger partial charge in [0.1, 0.15) is 6.29 Å². The molecule has 0 aliphatic rings. The van der Waals surface area contributed by atoms with Crippen molar-refractivity contribution in [1.82, 2.24) is 0 Å². The van der Waals surface area contributed by atoms with Gasteiger partial charge >= 0.3 is 0 Å². The molecule has 7 heavy (non-hydrogen) atoms. The van der Waals surface area contributed by atoms with E-state index < -0.39 is 0 Å². The summed E-state index contributed by atoms with van der Waals surface area (Å²) in [6.45, 7) is 0.